The highest BCUT2D eigenvalue weighted by molar-refractivity contribution is 7.80. The summed E-state index contributed by atoms with van der Waals surface area (Å²) in [4.78, 5) is 12.2. The van der Waals surface area contributed by atoms with Crippen LogP contribution in [-0.2, 0) is 0 Å². The Hall–Kier alpha value is -2.40. The van der Waals surface area contributed by atoms with Gasteiger partial charge in [-0.15, -0.1) is 0 Å². The Morgan fingerprint density at radius 3 is 2.08 bits per heavy atom. The topological polar surface area (TPSA) is 50.4 Å². The molecule has 0 unspecified atom stereocenters. The molecule has 0 saturated carbocycles. The number of carbonyl (C=O) groups excluding carboxylic acids is 1. The summed E-state index contributed by atoms with van der Waals surface area (Å²) < 4.78 is 5.59. The van der Waals surface area contributed by atoms with E-state index in [1.807, 2.05) is 62.4 Å². The lowest BCUT2D eigenvalue weighted by Crippen LogP contribution is -2.34. The quantitative estimate of drug-likeness (QED) is 0.761. The first-order valence-electron chi connectivity index (χ1n) is 8.34. The zero-order chi connectivity index (χ0) is 18.4. The normalized spacial score (nSPS) is 10.6. The molecule has 2 rings (SSSR count). The lowest BCUT2D eigenvalue weighted by molar-refractivity contribution is 0.0977. The van der Waals surface area contributed by atoms with Crippen LogP contribution in [-0.4, -0.2) is 17.1 Å². The number of rotatable bonds is 5. The van der Waals surface area contributed by atoms with Gasteiger partial charge in [-0.25, -0.2) is 0 Å². The Morgan fingerprint density at radius 1 is 0.960 bits per heavy atom. The summed E-state index contributed by atoms with van der Waals surface area (Å²) in [5.74, 6) is 0.996. The minimum Gasteiger partial charge on any atom is -0.491 e. The lowest BCUT2D eigenvalue weighted by Gasteiger charge is -2.12. The van der Waals surface area contributed by atoms with Gasteiger partial charge in [-0.3, -0.25) is 10.1 Å². The molecule has 0 fully saturated rings. The number of thiocarbonyl (C=S) groups is 1. The fraction of sp³-hybridized carbons (Fsp3) is 0.300. The van der Waals surface area contributed by atoms with Crippen LogP contribution in [0.3, 0.4) is 0 Å². The van der Waals surface area contributed by atoms with Crippen LogP contribution < -0.4 is 15.4 Å². The minimum atomic E-state index is -0.229. The van der Waals surface area contributed by atoms with Gasteiger partial charge in [-0.1, -0.05) is 26.0 Å². The number of hydrogen-bond donors (Lipinski definition) is 2. The molecule has 2 aromatic carbocycles. The van der Waals surface area contributed by atoms with Crippen LogP contribution >= 0.6 is 12.2 Å². The van der Waals surface area contributed by atoms with Gasteiger partial charge in [0.25, 0.3) is 5.91 Å². The maximum Gasteiger partial charge on any atom is 0.257 e. The first-order chi connectivity index (χ1) is 11.8. The maximum atomic E-state index is 12.2. The third-order valence-electron chi connectivity index (χ3n) is 3.55. The highest BCUT2D eigenvalue weighted by Crippen LogP contribution is 2.17. The molecule has 0 radical (unpaired) electrons. The summed E-state index contributed by atoms with van der Waals surface area (Å²) in [5.41, 5.74) is 2.56. The second-order valence-corrected chi connectivity index (χ2v) is 6.78. The van der Waals surface area contributed by atoms with Crippen molar-refractivity contribution in [2.75, 3.05) is 5.32 Å². The first kappa shape index (κ1) is 18.9. The van der Waals surface area contributed by atoms with Gasteiger partial charge in [-0.05, 0) is 73.9 Å². The molecule has 0 bridgehead atoms. The highest BCUT2D eigenvalue weighted by atomic mass is 32.1. The summed E-state index contributed by atoms with van der Waals surface area (Å²) in [6.07, 6.45) is 0.126. The third kappa shape index (κ3) is 5.87. The highest BCUT2D eigenvalue weighted by Gasteiger charge is 2.09. The molecular weight excluding hydrogens is 332 g/mol. The molecule has 0 aliphatic rings. The summed E-state index contributed by atoms with van der Waals surface area (Å²) >= 11 is 5.21. The van der Waals surface area contributed by atoms with Crippen molar-refractivity contribution in [3.63, 3.8) is 0 Å². The minimum absolute atomic E-state index is 0.126. The standard InChI is InChI=1S/C20H24N2O2S/c1-13(2)15-5-7-16(8-6-15)19(23)22-20(25)21-17-9-11-18(12-10-17)24-14(3)4/h5-14H,1-4H3,(H2,21,22,23,25). The molecule has 0 aliphatic heterocycles. The van der Waals surface area contributed by atoms with Gasteiger partial charge in [0.1, 0.15) is 5.75 Å². The SMILES string of the molecule is CC(C)Oc1ccc(NC(=S)NC(=O)c2ccc(C(C)C)cc2)cc1. The van der Waals surface area contributed by atoms with Gasteiger partial charge in [0.05, 0.1) is 6.10 Å². The lowest BCUT2D eigenvalue weighted by atomic mass is 10.0. The molecule has 0 aromatic heterocycles. The number of ether oxygens (including phenoxy) is 1. The van der Waals surface area contributed by atoms with Crippen LogP contribution in [0.5, 0.6) is 5.75 Å². The number of benzene rings is 2. The van der Waals surface area contributed by atoms with Crippen molar-refractivity contribution in [3.05, 3.63) is 59.7 Å². The number of carbonyl (C=O) groups is 1. The Balaban J connectivity index is 1.91. The Kier molecular flexibility index (Phi) is 6.53. The van der Waals surface area contributed by atoms with E-state index in [2.05, 4.69) is 24.5 Å². The molecule has 5 heteroatoms. The van der Waals surface area contributed by atoms with Crippen molar-refractivity contribution >= 4 is 28.9 Å². The van der Waals surface area contributed by atoms with Crippen molar-refractivity contribution < 1.29 is 9.53 Å². The smallest absolute Gasteiger partial charge is 0.257 e. The van der Waals surface area contributed by atoms with Gasteiger partial charge >= 0.3 is 0 Å². The van der Waals surface area contributed by atoms with Gasteiger partial charge in [0.15, 0.2) is 5.11 Å². The third-order valence-corrected chi connectivity index (χ3v) is 3.75. The Morgan fingerprint density at radius 2 is 1.56 bits per heavy atom. The monoisotopic (exact) mass is 356 g/mol. The summed E-state index contributed by atoms with van der Waals surface area (Å²) in [5, 5.41) is 5.95. The predicted octanol–water partition coefficient (Wildman–Crippen LogP) is 4.72. The van der Waals surface area contributed by atoms with Gasteiger partial charge in [0, 0.05) is 11.3 Å². The molecular formula is C20H24N2O2S. The van der Waals surface area contributed by atoms with Crippen LogP contribution in [0.25, 0.3) is 0 Å². The Bertz CT molecular complexity index is 722. The summed E-state index contributed by atoms with van der Waals surface area (Å²) in [6.45, 7) is 8.19. The van der Waals surface area contributed by atoms with Crippen molar-refractivity contribution in [1.82, 2.24) is 5.32 Å². The molecule has 0 saturated heterocycles. The second kappa shape index (κ2) is 8.62. The van der Waals surface area contributed by atoms with Crippen molar-refractivity contribution in [1.29, 1.82) is 0 Å². The molecule has 2 N–H and O–H groups in total. The number of anilines is 1. The number of hydrogen-bond acceptors (Lipinski definition) is 3. The molecule has 25 heavy (non-hydrogen) atoms. The van der Waals surface area contributed by atoms with Gasteiger partial charge in [-0.2, -0.15) is 0 Å². The maximum absolute atomic E-state index is 12.2. The molecule has 0 aliphatic carbocycles. The largest absolute Gasteiger partial charge is 0.491 e. The van der Waals surface area contributed by atoms with E-state index in [9.17, 15) is 4.79 Å². The van der Waals surface area contributed by atoms with E-state index < -0.39 is 0 Å². The van der Waals surface area contributed by atoms with E-state index in [-0.39, 0.29) is 17.1 Å². The van der Waals surface area contributed by atoms with Crippen molar-refractivity contribution in [2.24, 2.45) is 0 Å². The average Bonchev–Trinajstić information content (AvgIpc) is 2.56. The molecule has 1 amide bonds. The summed E-state index contributed by atoms with van der Waals surface area (Å²) in [6, 6.07) is 15.0. The van der Waals surface area contributed by atoms with E-state index in [1.54, 1.807) is 0 Å². The second-order valence-electron chi connectivity index (χ2n) is 6.38. The van der Waals surface area contributed by atoms with E-state index in [1.165, 1.54) is 5.56 Å². The average molecular weight is 356 g/mol. The van der Waals surface area contributed by atoms with Gasteiger partial charge in [0.2, 0.25) is 0 Å². The molecule has 132 valence electrons. The number of amides is 1. The van der Waals surface area contributed by atoms with E-state index in [0.717, 1.165) is 11.4 Å². The van der Waals surface area contributed by atoms with Crippen molar-refractivity contribution in [2.45, 2.75) is 39.7 Å². The van der Waals surface area contributed by atoms with Crippen molar-refractivity contribution in [3.8, 4) is 5.75 Å². The van der Waals surface area contributed by atoms with Crippen LogP contribution in [0, 0.1) is 0 Å². The van der Waals surface area contributed by atoms with E-state index in [4.69, 9.17) is 17.0 Å². The Labute approximate surface area is 154 Å². The zero-order valence-corrected chi connectivity index (χ0v) is 15.8. The van der Waals surface area contributed by atoms with E-state index in [0.29, 0.717) is 11.5 Å². The van der Waals surface area contributed by atoms with Crippen LogP contribution in [0.2, 0.25) is 0 Å². The first-order valence-corrected chi connectivity index (χ1v) is 8.75. The van der Waals surface area contributed by atoms with E-state index >= 15 is 0 Å². The molecule has 0 atom stereocenters. The zero-order valence-electron chi connectivity index (χ0n) is 15.0. The molecule has 0 heterocycles. The van der Waals surface area contributed by atoms with Crippen LogP contribution in [0.4, 0.5) is 5.69 Å². The number of nitrogens with one attached hydrogen (secondary N) is 2. The summed E-state index contributed by atoms with van der Waals surface area (Å²) in [7, 11) is 0. The fourth-order valence-corrected chi connectivity index (χ4v) is 2.46. The predicted molar refractivity (Wildman–Crippen MR) is 106 cm³/mol. The fourth-order valence-electron chi connectivity index (χ4n) is 2.25. The molecule has 0 spiro atoms. The molecule has 4 nitrogen and oxygen atoms in total. The van der Waals surface area contributed by atoms with Crippen LogP contribution in [0.1, 0.15) is 49.5 Å². The molecule has 2 aromatic rings. The van der Waals surface area contributed by atoms with Crippen LogP contribution in [0.15, 0.2) is 48.5 Å². The van der Waals surface area contributed by atoms with Gasteiger partial charge < -0.3 is 10.1 Å².